The Labute approximate surface area is 97.9 Å². The molecule has 2 N–H and O–H groups in total. The minimum Gasteiger partial charge on any atom is -0.388 e. The molecule has 0 bridgehead atoms. The standard InChI is InChI=1S/C11H12N4S/c12-11-10(13-14-16-11)7-15-5-8-3-1-2-4-9(8)6-15/h1-4H,5-7,12H2. The van der Waals surface area contributed by atoms with Crippen LogP contribution in [0.3, 0.4) is 0 Å². The fourth-order valence-electron chi connectivity index (χ4n) is 2.05. The molecule has 0 unspecified atom stereocenters. The van der Waals surface area contributed by atoms with Crippen molar-refractivity contribution < 1.29 is 0 Å². The number of rotatable bonds is 2. The molecule has 1 aromatic carbocycles. The molecule has 0 radical (unpaired) electrons. The third-order valence-electron chi connectivity index (χ3n) is 2.86. The van der Waals surface area contributed by atoms with Crippen LogP contribution in [0, 0.1) is 0 Å². The second kappa shape index (κ2) is 3.84. The summed E-state index contributed by atoms with van der Waals surface area (Å²) in [6, 6.07) is 8.53. The fourth-order valence-corrected chi connectivity index (χ4v) is 2.49. The third-order valence-corrected chi connectivity index (χ3v) is 3.46. The Balaban J connectivity index is 1.75. The van der Waals surface area contributed by atoms with Crippen LogP contribution in [-0.2, 0) is 19.6 Å². The van der Waals surface area contributed by atoms with Crippen molar-refractivity contribution in [3.05, 3.63) is 41.1 Å². The van der Waals surface area contributed by atoms with E-state index >= 15 is 0 Å². The molecule has 0 saturated heterocycles. The maximum Gasteiger partial charge on any atom is 0.132 e. The molecule has 0 amide bonds. The number of fused-ring (bicyclic) bond motifs is 1. The summed E-state index contributed by atoms with van der Waals surface area (Å²) in [5.41, 5.74) is 9.50. The van der Waals surface area contributed by atoms with Crippen LogP contribution in [0.2, 0.25) is 0 Å². The molecule has 1 aliphatic rings. The molecule has 4 nitrogen and oxygen atoms in total. The van der Waals surface area contributed by atoms with E-state index in [-0.39, 0.29) is 0 Å². The molecule has 3 rings (SSSR count). The number of anilines is 1. The lowest BCUT2D eigenvalue weighted by Crippen LogP contribution is -2.16. The van der Waals surface area contributed by atoms with Gasteiger partial charge in [-0.1, -0.05) is 28.8 Å². The van der Waals surface area contributed by atoms with Gasteiger partial charge in [-0.3, -0.25) is 4.90 Å². The Morgan fingerprint density at radius 1 is 1.25 bits per heavy atom. The molecule has 82 valence electrons. The molecule has 2 aromatic rings. The zero-order valence-electron chi connectivity index (χ0n) is 8.76. The van der Waals surface area contributed by atoms with Gasteiger partial charge in [-0.15, -0.1) is 5.10 Å². The van der Waals surface area contributed by atoms with Crippen molar-refractivity contribution in [1.29, 1.82) is 0 Å². The first-order chi connectivity index (χ1) is 7.83. The lowest BCUT2D eigenvalue weighted by atomic mass is 10.1. The largest absolute Gasteiger partial charge is 0.388 e. The van der Waals surface area contributed by atoms with Crippen molar-refractivity contribution in [3.8, 4) is 0 Å². The molecular weight excluding hydrogens is 220 g/mol. The fraction of sp³-hybridized carbons (Fsp3) is 0.273. The molecule has 0 atom stereocenters. The van der Waals surface area contributed by atoms with Gasteiger partial charge in [-0.25, -0.2) is 0 Å². The van der Waals surface area contributed by atoms with Crippen LogP contribution in [0.1, 0.15) is 16.8 Å². The predicted molar refractivity (Wildman–Crippen MR) is 63.7 cm³/mol. The van der Waals surface area contributed by atoms with Crippen LogP contribution in [-0.4, -0.2) is 14.5 Å². The van der Waals surface area contributed by atoms with Gasteiger partial charge in [0, 0.05) is 31.2 Å². The van der Waals surface area contributed by atoms with Gasteiger partial charge in [0.25, 0.3) is 0 Å². The normalized spacial score (nSPS) is 15.2. The van der Waals surface area contributed by atoms with E-state index in [0.29, 0.717) is 0 Å². The van der Waals surface area contributed by atoms with E-state index in [1.165, 1.54) is 22.7 Å². The second-order valence-electron chi connectivity index (χ2n) is 4.00. The second-order valence-corrected chi connectivity index (χ2v) is 4.78. The van der Waals surface area contributed by atoms with E-state index in [1.807, 2.05) is 0 Å². The van der Waals surface area contributed by atoms with Crippen molar-refractivity contribution in [2.45, 2.75) is 19.6 Å². The van der Waals surface area contributed by atoms with Crippen molar-refractivity contribution in [2.75, 3.05) is 5.73 Å². The van der Waals surface area contributed by atoms with Crippen LogP contribution in [0.5, 0.6) is 0 Å². The smallest absolute Gasteiger partial charge is 0.132 e. The summed E-state index contributed by atoms with van der Waals surface area (Å²) >= 11 is 1.26. The topological polar surface area (TPSA) is 55.0 Å². The van der Waals surface area contributed by atoms with Gasteiger partial charge in [0.1, 0.15) is 10.7 Å². The number of hydrogen-bond donors (Lipinski definition) is 1. The van der Waals surface area contributed by atoms with E-state index in [4.69, 9.17) is 5.73 Å². The summed E-state index contributed by atoms with van der Waals surface area (Å²) in [4.78, 5) is 2.33. The third kappa shape index (κ3) is 1.68. The molecule has 16 heavy (non-hydrogen) atoms. The van der Waals surface area contributed by atoms with Gasteiger partial charge in [0.15, 0.2) is 0 Å². The highest BCUT2D eigenvalue weighted by atomic mass is 32.1. The van der Waals surface area contributed by atoms with Crippen molar-refractivity contribution >= 4 is 16.5 Å². The highest BCUT2D eigenvalue weighted by molar-refractivity contribution is 7.09. The number of aromatic nitrogens is 2. The zero-order chi connectivity index (χ0) is 11.0. The Morgan fingerprint density at radius 2 is 1.94 bits per heavy atom. The van der Waals surface area contributed by atoms with E-state index < -0.39 is 0 Å². The number of nitrogens with zero attached hydrogens (tertiary/aromatic N) is 3. The molecule has 0 aliphatic carbocycles. The number of nitrogens with two attached hydrogens (primary N) is 1. The first-order valence-electron chi connectivity index (χ1n) is 5.19. The maximum atomic E-state index is 5.79. The molecular formula is C11H12N4S. The molecule has 0 saturated carbocycles. The first-order valence-corrected chi connectivity index (χ1v) is 5.96. The van der Waals surface area contributed by atoms with E-state index in [1.54, 1.807) is 0 Å². The van der Waals surface area contributed by atoms with Gasteiger partial charge in [0.05, 0.1) is 0 Å². The number of hydrogen-bond acceptors (Lipinski definition) is 5. The Bertz CT molecular complexity index is 483. The quantitative estimate of drug-likeness (QED) is 0.855. The van der Waals surface area contributed by atoms with Gasteiger partial charge in [-0.2, -0.15) is 0 Å². The average molecular weight is 232 g/mol. The molecule has 1 aliphatic heterocycles. The highest BCUT2D eigenvalue weighted by Gasteiger charge is 2.19. The van der Waals surface area contributed by atoms with Crippen LogP contribution in [0.25, 0.3) is 0 Å². The SMILES string of the molecule is Nc1snnc1CN1Cc2ccccc2C1. The summed E-state index contributed by atoms with van der Waals surface area (Å²) < 4.78 is 3.85. The Morgan fingerprint density at radius 3 is 2.50 bits per heavy atom. The minimum absolute atomic E-state index is 0.732. The predicted octanol–water partition coefficient (Wildman–Crippen LogP) is 1.64. The average Bonchev–Trinajstić information content (AvgIpc) is 2.85. The number of benzene rings is 1. The molecule has 0 spiro atoms. The van der Waals surface area contributed by atoms with Crippen LogP contribution in [0.4, 0.5) is 5.00 Å². The minimum atomic E-state index is 0.732. The summed E-state index contributed by atoms with van der Waals surface area (Å²) in [6.07, 6.45) is 0. The zero-order valence-corrected chi connectivity index (χ0v) is 9.57. The van der Waals surface area contributed by atoms with Gasteiger partial charge < -0.3 is 5.73 Å². The summed E-state index contributed by atoms with van der Waals surface area (Å²) in [5.74, 6) is 0. The lowest BCUT2D eigenvalue weighted by molar-refractivity contribution is 0.272. The molecule has 5 heteroatoms. The Kier molecular flexibility index (Phi) is 2.34. The highest BCUT2D eigenvalue weighted by Crippen LogP contribution is 2.25. The van der Waals surface area contributed by atoms with Crippen LogP contribution in [0.15, 0.2) is 24.3 Å². The molecule has 0 fully saturated rings. The van der Waals surface area contributed by atoms with Crippen molar-refractivity contribution in [1.82, 2.24) is 14.5 Å². The van der Waals surface area contributed by atoms with Gasteiger partial charge in [-0.05, 0) is 11.1 Å². The van der Waals surface area contributed by atoms with E-state index in [9.17, 15) is 0 Å². The van der Waals surface area contributed by atoms with Crippen molar-refractivity contribution in [2.24, 2.45) is 0 Å². The van der Waals surface area contributed by atoms with Crippen molar-refractivity contribution in [3.63, 3.8) is 0 Å². The number of nitrogen functional groups attached to an aromatic ring is 1. The summed E-state index contributed by atoms with van der Waals surface area (Å²) in [7, 11) is 0. The van der Waals surface area contributed by atoms with Gasteiger partial charge in [0.2, 0.25) is 0 Å². The van der Waals surface area contributed by atoms with E-state index in [2.05, 4.69) is 38.8 Å². The Hall–Kier alpha value is -1.46. The van der Waals surface area contributed by atoms with Gasteiger partial charge >= 0.3 is 0 Å². The van der Waals surface area contributed by atoms with Crippen LogP contribution >= 0.6 is 11.5 Å². The monoisotopic (exact) mass is 232 g/mol. The summed E-state index contributed by atoms with van der Waals surface area (Å²) in [5, 5.41) is 4.78. The van der Waals surface area contributed by atoms with Crippen LogP contribution < -0.4 is 5.73 Å². The lowest BCUT2D eigenvalue weighted by Gasteiger charge is -2.12. The summed E-state index contributed by atoms with van der Waals surface area (Å²) in [6.45, 7) is 2.75. The molecule has 1 aromatic heterocycles. The van der Waals surface area contributed by atoms with E-state index in [0.717, 1.165) is 30.3 Å². The maximum absolute atomic E-state index is 5.79. The molecule has 2 heterocycles. The first kappa shape index (κ1) is 9.74.